The van der Waals surface area contributed by atoms with Crippen molar-refractivity contribution in [3.63, 3.8) is 0 Å². The summed E-state index contributed by atoms with van der Waals surface area (Å²) in [6.07, 6.45) is 9.40. The monoisotopic (exact) mass is 296 g/mol. The zero-order valence-electron chi connectivity index (χ0n) is 14.7. The molecule has 0 aromatic rings. The van der Waals surface area contributed by atoms with Crippen LogP contribution >= 0.6 is 0 Å². The fourth-order valence-electron chi connectivity index (χ4n) is 4.26. The molecule has 0 radical (unpaired) electrons. The van der Waals surface area contributed by atoms with Gasteiger partial charge in [-0.05, 0) is 32.1 Å². The normalized spacial score (nSPS) is 29.4. The fraction of sp³-hybridized carbons (Fsp3) is 1.00. The smallest absolute Gasteiger partial charge is 0.0477 e. The molecule has 0 bridgehead atoms. The van der Waals surface area contributed by atoms with Crippen LogP contribution in [0.15, 0.2) is 0 Å². The number of methoxy groups -OCH3 is 1. The van der Waals surface area contributed by atoms with Crippen molar-refractivity contribution in [1.82, 2.24) is 10.2 Å². The van der Waals surface area contributed by atoms with E-state index in [1.807, 2.05) is 7.11 Å². The van der Waals surface area contributed by atoms with Gasteiger partial charge in [-0.1, -0.05) is 39.5 Å². The summed E-state index contributed by atoms with van der Waals surface area (Å²) in [4.78, 5) is 2.81. The Labute approximate surface area is 131 Å². The van der Waals surface area contributed by atoms with E-state index in [1.54, 1.807) is 0 Å². The van der Waals surface area contributed by atoms with Crippen LogP contribution in [0.25, 0.3) is 0 Å². The maximum absolute atomic E-state index is 5.32. The van der Waals surface area contributed by atoms with Crippen LogP contribution in [0.5, 0.6) is 0 Å². The van der Waals surface area contributed by atoms with Crippen LogP contribution in [0, 0.1) is 5.92 Å². The first-order valence-electron chi connectivity index (χ1n) is 9.11. The highest BCUT2D eigenvalue weighted by Gasteiger charge is 2.42. The lowest BCUT2D eigenvalue weighted by Gasteiger charge is -2.53. The van der Waals surface area contributed by atoms with E-state index < -0.39 is 0 Å². The van der Waals surface area contributed by atoms with Crippen LogP contribution in [-0.4, -0.2) is 49.3 Å². The van der Waals surface area contributed by atoms with Gasteiger partial charge in [-0.15, -0.1) is 0 Å². The van der Waals surface area contributed by atoms with Gasteiger partial charge in [0.15, 0.2) is 0 Å². The van der Waals surface area contributed by atoms with E-state index in [2.05, 4.69) is 31.0 Å². The average Bonchev–Trinajstić information content (AvgIpc) is 2.52. The van der Waals surface area contributed by atoms with Crippen LogP contribution in [0.1, 0.15) is 65.7 Å². The summed E-state index contributed by atoms with van der Waals surface area (Å²) in [5.74, 6) is 0.767. The highest BCUT2D eigenvalue weighted by atomic mass is 16.5. The minimum absolute atomic E-state index is 0.406. The number of piperazine rings is 1. The quantitative estimate of drug-likeness (QED) is 0.812. The third-order valence-electron chi connectivity index (χ3n) is 6.01. The molecule has 1 heterocycles. The van der Waals surface area contributed by atoms with Crippen molar-refractivity contribution >= 4 is 0 Å². The topological polar surface area (TPSA) is 24.5 Å². The minimum atomic E-state index is 0.406. The summed E-state index contributed by atoms with van der Waals surface area (Å²) >= 11 is 0. The first-order valence-corrected chi connectivity index (χ1v) is 9.11. The van der Waals surface area contributed by atoms with Crippen molar-refractivity contribution in [2.45, 2.75) is 83.3 Å². The number of nitrogens with zero attached hydrogens (tertiary/aromatic N) is 1. The van der Waals surface area contributed by atoms with Crippen molar-refractivity contribution in [3.05, 3.63) is 0 Å². The van der Waals surface area contributed by atoms with Crippen LogP contribution in [0.3, 0.4) is 0 Å². The molecular weight excluding hydrogens is 260 g/mol. The number of hydrogen-bond donors (Lipinski definition) is 1. The Morgan fingerprint density at radius 2 is 1.95 bits per heavy atom. The van der Waals surface area contributed by atoms with Crippen molar-refractivity contribution < 1.29 is 4.74 Å². The average molecular weight is 296 g/mol. The van der Waals surface area contributed by atoms with Crippen molar-refractivity contribution in [1.29, 1.82) is 0 Å². The van der Waals surface area contributed by atoms with Gasteiger partial charge in [-0.3, -0.25) is 4.90 Å². The first-order chi connectivity index (χ1) is 10.1. The largest absolute Gasteiger partial charge is 0.385 e. The molecular formula is C18H36N2O. The maximum Gasteiger partial charge on any atom is 0.0477 e. The van der Waals surface area contributed by atoms with Crippen molar-refractivity contribution in [2.75, 3.05) is 26.8 Å². The van der Waals surface area contributed by atoms with Crippen LogP contribution < -0.4 is 5.32 Å². The fourth-order valence-corrected chi connectivity index (χ4v) is 4.26. The van der Waals surface area contributed by atoms with E-state index in [1.165, 1.54) is 51.6 Å². The molecule has 21 heavy (non-hydrogen) atoms. The summed E-state index contributed by atoms with van der Waals surface area (Å²) in [6, 6.07) is 1.32. The summed E-state index contributed by atoms with van der Waals surface area (Å²) < 4.78 is 5.32. The molecule has 2 aliphatic rings. The van der Waals surface area contributed by atoms with Crippen molar-refractivity contribution in [2.24, 2.45) is 5.92 Å². The molecule has 1 aliphatic carbocycles. The summed E-state index contributed by atoms with van der Waals surface area (Å²) in [6.45, 7) is 10.4. The van der Waals surface area contributed by atoms with Gasteiger partial charge < -0.3 is 10.1 Å². The zero-order valence-corrected chi connectivity index (χ0v) is 14.7. The lowest BCUT2D eigenvalue weighted by atomic mass is 9.77. The molecule has 1 spiro atoms. The van der Waals surface area contributed by atoms with Crippen LogP contribution in [0.4, 0.5) is 0 Å². The van der Waals surface area contributed by atoms with Gasteiger partial charge in [0.1, 0.15) is 0 Å². The standard InChI is InChI=1S/C18H36N2O/c1-5-15(2)17-13-19-18(10-7-6-8-11-18)14-20(17)16(3)9-12-21-4/h15-17,19H,5-14H2,1-4H3. The van der Waals surface area contributed by atoms with Gasteiger partial charge >= 0.3 is 0 Å². The number of rotatable bonds is 6. The second-order valence-corrected chi connectivity index (χ2v) is 7.48. The van der Waals surface area contributed by atoms with Crippen LogP contribution in [-0.2, 0) is 4.74 Å². The third-order valence-corrected chi connectivity index (χ3v) is 6.01. The molecule has 0 aromatic heterocycles. The molecule has 3 heteroatoms. The third kappa shape index (κ3) is 4.20. The Morgan fingerprint density at radius 3 is 2.57 bits per heavy atom. The molecule has 1 saturated carbocycles. The van der Waals surface area contributed by atoms with Gasteiger partial charge in [0.2, 0.25) is 0 Å². The Hall–Kier alpha value is -0.120. The molecule has 3 unspecified atom stereocenters. The Kier molecular flexibility index (Phi) is 6.51. The highest BCUT2D eigenvalue weighted by molar-refractivity contribution is 5.01. The van der Waals surface area contributed by atoms with Gasteiger partial charge in [-0.25, -0.2) is 0 Å². The Balaban J connectivity index is 2.06. The first kappa shape index (κ1) is 17.2. The van der Waals surface area contributed by atoms with Crippen molar-refractivity contribution in [3.8, 4) is 0 Å². The minimum Gasteiger partial charge on any atom is -0.385 e. The molecule has 2 fully saturated rings. The van der Waals surface area contributed by atoms with E-state index in [4.69, 9.17) is 4.74 Å². The predicted octanol–water partition coefficient (Wildman–Crippen LogP) is 3.43. The molecule has 1 saturated heterocycles. The van der Waals surface area contributed by atoms with Gasteiger partial charge in [0, 0.05) is 44.4 Å². The lowest BCUT2D eigenvalue weighted by Crippen LogP contribution is -2.67. The molecule has 3 atom stereocenters. The highest BCUT2D eigenvalue weighted by Crippen LogP contribution is 2.34. The lowest BCUT2D eigenvalue weighted by molar-refractivity contribution is -0.00105. The number of ether oxygens (including phenoxy) is 1. The Morgan fingerprint density at radius 1 is 1.24 bits per heavy atom. The van der Waals surface area contributed by atoms with Crippen LogP contribution in [0.2, 0.25) is 0 Å². The zero-order chi connectivity index (χ0) is 15.3. The molecule has 3 nitrogen and oxygen atoms in total. The molecule has 1 N–H and O–H groups in total. The summed E-state index contributed by atoms with van der Waals surface area (Å²) in [7, 11) is 1.82. The maximum atomic E-state index is 5.32. The predicted molar refractivity (Wildman–Crippen MR) is 89.7 cm³/mol. The molecule has 2 rings (SSSR count). The Bertz CT molecular complexity index is 302. The van der Waals surface area contributed by atoms with Gasteiger partial charge in [0.25, 0.3) is 0 Å². The van der Waals surface area contributed by atoms with E-state index in [-0.39, 0.29) is 0 Å². The second-order valence-electron chi connectivity index (χ2n) is 7.48. The number of nitrogens with one attached hydrogen (secondary N) is 1. The molecule has 0 amide bonds. The SMILES string of the molecule is CCC(C)C1CNC2(CCCCC2)CN1C(C)CCOC. The summed E-state index contributed by atoms with van der Waals surface area (Å²) in [5.41, 5.74) is 0.406. The molecule has 1 aliphatic heterocycles. The molecule has 124 valence electrons. The van der Waals surface area contributed by atoms with E-state index in [0.29, 0.717) is 17.6 Å². The molecule has 0 aromatic carbocycles. The van der Waals surface area contributed by atoms with E-state index >= 15 is 0 Å². The summed E-state index contributed by atoms with van der Waals surface area (Å²) in [5, 5.41) is 3.97. The van der Waals surface area contributed by atoms with E-state index in [9.17, 15) is 0 Å². The number of hydrogen-bond acceptors (Lipinski definition) is 3. The van der Waals surface area contributed by atoms with Gasteiger partial charge in [0.05, 0.1) is 0 Å². The van der Waals surface area contributed by atoms with E-state index in [0.717, 1.165) is 18.9 Å². The van der Waals surface area contributed by atoms with Gasteiger partial charge in [-0.2, -0.15) is 0 Å². The second kappa shape index (κ2) is 7.94.